The molecule has 0 unspecified atom stereocenters. The zero-order chi connectivity index (χ0) is 18.5. The Labute approximate surface area is 165 Å². The normalized spacial score (nSPS) is 15.7. The predicted molar refractivity (Wildman–Crippen MR) is 110 cm³/mol. The molecule has 4 rings (SSSR count). The lowest BCUT2D eigenvalue weighted by molar-refractivity contribution is 0.258. The molecule has 0 spiro atoms. The van der Waals surface area contributed by atoms with Gasteiger partial charge >= 0.3 is 0 Å². The summed E-state index contributed by atoms with van der Waals surface area (Å²) in [4.78, 5) is 7.47. The first-order valence-corrected chi connectivity index (χ1v) is 10.2. The summed E-state index contributed by atoms with van der Waals surface area (Å²) in [7, 11) is 0. The van der Waals surface area contributed by atoms with Gasteiger partial charge in [0.1, 0.15) is 18.2 Å². The van der Waals surface area contributed by atoms with E-state index in [4.69, 9.17) is 21.3 Å². The van der Waals surface area contributed by atoms with Crippen molar-refractivity contribution in [1.82, 2.24) is 14.5 Å². The Morgan fingerprint density at radius 3 is 2.44 bits per heavy atom. The van der Waals surface area contributed by atoms with E-state index in [0.29, 0.717) is 6.61 Å². The molecule has 4 nitrogen and oxygen atoms in total. The fraction of sp³-hybridized carbons (Fsp3) is 0.409. The first-order valence-electron chi connectivity index (χ1n) is 9.84. The van der Waals surface area contributed by atoms with Crippen LogP contribution in [0.15, 0.2) is 48.5 Å². The summed E-state index contributed by atoms with van der Waals surface area (Å²) in [6.07, 6.45) is 5.28. The van der Waals surface area contributed by atoms with Gasteiger partial charge in [0.05, 0.1) is 24.1 Å². The van der Waals surface area contributed by atoms with Gasteiger partial charge in [0.15, 0.2) is 0 Å². The first-order chi connectivity index (χ1) is 13.3. The largest absolute Gasteiger partial charge is 0.492 e. The average molecular weight is 384 g/mol. The molecule has 27 heavy (non-hydrogen) atoms. The molecule has 5 heteroatoms. The molecule has 0 bridgehead atoms. The van der Waals surface area contributed by atoms with E-state index in [1.54, 1.807) is 0 Å². The molecule has 0 saturated carbocycles. The monoisotopic (exact) mass is 383 g/mol. The second-order valence-electron chi connectivity index (χ2n) is 7.16. The van der Waals surface area contributed by atoms with Crippen LogP contribution in [-0.4, -0.2) is 34.1 Å². The molecule has 2 heterocycles. The summed E-state index contributed by atoms with van der Waals surface area (Å²) in [6, 6.07) is 15.9. The van der Waals surface area contributed by atoms with Crippen LogP contribution >= 0.6 is 11.6 Å². The minimum atomic E-state index is 0.606. The molecule has 0 radical (unpaired) electrons. The minimum Gasteiger partial charge on any atom is -0.492 e. The summed E-state index contributed by atoms with van der Waals surface area (Å²) < 4.78 is 8.24. The molecular weight excluding hydrogens is 358 g/mol. The number of hydrogen-bond acceptors (Lipinski definition) is 3. The number of rotatable bonds is 6. The zero-order valence-corrected chi connectivity index (χ0v) is 16.4. The second-order valence-corrected chi connectivity index (χ2v) is 7.60. The van der Waals surface area contributed by atoms with Gasteiger partial charge in [0.25, 0.3) is 0 Å². The molecule has 2 aromatic carbocycles. The Balaban J connectivity index is 1.49. The van der Waals surface area contributed by atoms with Gasteiger partial charge in [-0.2, -0.15) is 0 Å². The van der Waals surface area contributed by atoms with E-state index in [0.717, 1.165) is 35.2 Å². The number of para-hydroxylation sites is 2. The molecule has 0 N–H and O–H groups in total. The van der Waals surface area contributed by atoms with Crippen molar-refractivity contribution < 1.29 is 4.74 Å². The number of benzene rings is 2. The van der Waals surface area contributed by atoms with Crippen molar-refractivity contribution in [2.75, 3.05) is 19.7 Å². The number of ether oxygens (including phenoxy) is 1. The van der Waals surface area contributed by atoms with Crippen LogP contribution in [-0.2, 0) is 13.1 Å². The standard InChI is InChI=1S/C22H26ClN3O/c23-18-9-11-19(12-10-18)27-16-15-26-21-8-4-3-7-20(21)24-22(26)17-25-13-5-1-2-6-14-25/h3-4,7-12H,1-2,5-6,13-17H2. The van der Waals surface area contributed by atoms with Gasteiger partial charge in [-0.15, -0.1) is 0 Å². The van der Waals surface area contributed by atoms with Gasteiger partial charge in [-0.3, -0.25) is 4.90 Å². The van der Waals surface area contributed by atoms with Gasteiger partial charge in [0.2, 0.25) is 0 Å². The maximum Gasteiger partial charge on any atom is 0.124 e. The highest BCUT2D eigenvalue weighted by Gasteiger charge is 2.15. The first kappa shape index (κ1) is 18.3. The van der Waals surface area contributed by atoms with Gasteiger partial charge in [-0.05, 0) is 62.3 Å². The van der Waals surface area contributed by atoms with E-state index in [-0.39, 0.29) is 0 Å². The summed E-state index contributed by atoms with van der Waals surface area (Å²) >= 11 is 5.94. The third-order valence-corrected chi connectivity index (χ3v) is 5.45. The van der Waals surface area contributed by atoms with Crippen LogP contribution in [0, 0.1) is 0 Å². The summed E-state index contributed by atoms with van der Waals surface area (Å²) in [5, 5.41) is 0.725. The fourth-order valence-electron chi connectivity index (χ4n) is 3.78. The average Bonchev–Trinajstić information content (AvgIpc) is 2.84. The Morgan fingerprint density at radius 2 is 1.67 bits per heavy atom. The van der Waals surface area contributed by atoms with Crippen LogP contribution in [0.4, 0.5) is 0 Å². The van der Waals surface area contributed by atoms with Crippen molar-refractivity contribution >= 4 is 22.6 Å². The van der Waals surface area contributed by atoms with Crippen molar-refractivity contribution in [3.8, 4) is 5.75 Å². The predicted octanol–water partition coefficient (Wildman–Crippen LogP) is 5.14. The molecule has 0 aliphatic carbocycles. The van der Waals surface area contributed by atoms with E-state index in [2.05, 4.69) is 33.7 Å². The van der Waals surface area contributed by atoms with E-state index in [1.165, 1.54) is 44.3 Å². The molecule has 3 aromatic rings. The molecule has 1 fully saturated rings. The van der Waals surface area contributed by atoms with E-state index in [9.17, 15) is 0 Å². The maximum atomic E-state index is 5.94. The lowest BCUT2D eigenvalue weighted by atomic mass is 10.2. The second kappa shape index (κ2) is 8.77. The van der Waals surface area contributed by atoms with Gasteiger partial charge < -0.3 is 9.30 Å². The number of halogens is 1. The van der Waals surface area contributed by atoms with Crippen molar-refractivity contribution in [1.29, 1.82) is 0 Å². The zero-order valence-electron chi connectivity index (χ0n) is 15.6. The summed E-state index contributed by atoms with van der Waals surface area (Å²) in [5.74, 6) is 1.98. The highest BCUT2D eigenvalue weighted by atomic mass is 35.5. The highest BCUT2D eigenvalue weighted by molar-refractivity contribution is 6.30. The van der Waals surface area contributed by atoms with E-state index in [1.807, 2.05) is 24.3 Å². The Bertz CT molecular complexity index is 867. The number of likely N-dealkylation sites (tertiary alicyclic amines) is 1. The van der Waals surface area contributed by atoms with E-state index >= 15 is 0 Å². The molecule has 0 atom stereocenters. The maximum absolute atomic E-state index is 5.94. The Morgan fingerprint density at radius 1 is 0.926 bits per heavy atom. The number of imidazole rings is 1. The molecule has 1 aliphatic heterocycles. The number of aromatic nitrogens is 2. The van der Waals surface area contributed by atoms with Crippen LogP contribution in [0.2, 0.25) is 5.02 Å². The van der Waals surface area contributed by atoms with Crippen molar-refractivity contribution in [3.63, 3.8) is 0 Å². The smallest absolute Gasteiger partial charge is 0.124 e. The van der Waals surface area contributed by atoms with Crippen molar-refractivity contribution in [2.45, 2.75) is 38.8 Å². The summed E-state index contributed by atoms with van der Waals surface area (Å²) in [6.45, 7) is 4.64. The van der Waals surface area contributed by atoms with Crippen molar-refractivity contribution in [3.05, 3.63) is 59.4 Å². The molecule has 142 valence electrons. The number of fused-ring (bicyclic) bond motifs is 1. The molecule has 1 aliphatic rings. The SMILES string of the molecule is Clc1ccc(OCCn2c(CN3CCCCCC3)nc3ccccc32)cc1. The third-order valence-electron chi connectivity index (χ3n) is 5.19. The molecule has 0 amide bonds. The van der Waals surface area contributed by atoms with Crippen molar-refractivity contribution in [2.24, 2.45) is 0 Å². The lowest BCUT2D eigenvalue weighted by Crippen LogP contribution is -2.26. The van der Waals surface area contributed by atoms with E-state index < -0.39 is 0 Å². The van der Waals surface area contributed by atoms with Crippen LogP contribution in [0.5, 0.6) is 5.75 Å². The van der Waals surface area contributed by atoms with Crippen LogP contribution < -0.4 is 4.74 Å². The van der Waals surface area contributed by atoms with Gasteiger partial charge in [0, 0.05) is 5.02 Å². The van der Waals surface area contributed by atoms with Crippen LogP contribution in [0.1, 0.15) is 31.5 Å². The third kappa shape index (κ3) is 4.63. The Kier molecular flexibility index (Phi) is 5.95. The van der Waals surface area contributed by atoms with Crippen LogP contribution in [0.3, 0.4) is 0 Å². The number of hydrogen-bond donors (Lipinski definition) is 0. The van der Waals surface area contributed by atoms with Crippen LogP contribution in [0.25, 0.3) is 11.0 Å². The molecule has 1 saturated heterocycles. The molecule has 1 aromatic heterocycles. The molecular formula is C22H26ClN3O. The quantitative estimate of drug-likeness (QED) is 0.590. The topological polar surface area (TPSA) is 30.3 Å². The summed E-state index contributed by atoms with van der Waals surface area (Å²) in [5.41, 5.74) is 2.25. The minimum absolute atomic E-state index is 0.606. The van der Waals surface area contributed by atoms with Gasteiger partial charge in [-0.1, -0.05) is 36.6 Å². The highest BCUT2D eigenvalue weighted by Crippen LogP contribution is 2.20. The Hall–Kier alpha value is -2.04. The fourth-order valence-corrected chi connectivity index (χ4v) is 3.90. The number of nitrogens with zero attached hydrogens (tertiary/aromatic N) is 3. The lowest BCUT2D eigenvalue weighted by Gasteiger charge is -2.20. The van der Waals surface area contributed by atoms with Gasteiger partial charge in [-0.25, -0.2) is 4.98 Å².